The molecule has 0 spiro atoms. The van der Waals surface area contributed by atoms with Crippen LogP contribution in [0.15, 0.2) is 66.2 Å². The van der Waals surface area contributed by atoms with Crippen LogP contribution in [-0.2, 0) is 19.5 Å². The van der Waals surface area contributed by atoms with E-state index in [9.17, 15) is 9.59 Å². The summed E-state index contributed by atoms with van der Waals surface area (Å²) >= 11 is 1.52. The first-order valence-electron chi connectivity index (χ1n) is 9.55. The van der Waals surface area contributed by atoms with Gasteiger partial charge in [-0.05, 0) is 28.8 Å². The molecule has 6 heteroatoms. The van der Waals surface area contributed by atoms with Crippen molar-refractivity contribution in [3.8, 4) is 0 Å². The van der Waals surface area contributed by atoms with Crippen LogP contribution in [0.2, 0.25) is 0 Å². The Morgan fingerprint density at radius 2 is 2.03 bits per heavy atom. The Kier molecular flexibility index (Phi) is 4.28. The van der Waals surface area contributed by atoms with Crippen LogP contribution in [0.3, 0.4) is 0 Å². The third kappa shape index (κ3) is 2.87. The Labute approximate surface area is 171 Å². The van der Waals surface area contributed by atoms with Crippen molar-refractivity contribution in [1.29, 1.82) is 0 Å². The molecule has 1 aliphatic rings. The summed E-state index contributed by atoms with van der Waals surface area (Å²) in [5.41, 5.74) is 1.74. The summed E-state index contributed by atoms with van der Waals surface area (Å²) in [6.45, 7) is 5.25. The van der Waals surface area contributed by atoms with Crippen molar-refractivity contribution >= 4 is 38.2 Å². The molecule has 0 unspecified atom stereocenters. The van der Waals surface area contributed by atoms with E-state index in [-0.39, 0.29) is 11.5 Å². The largest absolute Gasteiger partial charge is 0.333 e. The molecule has 0 atom stereocenters. The Bertz CT molecular complexity index is 1330. The van der Waals surface area contributed by atoms with E-state index in [2.05, 4.69) is 11.6 Å². The van der Waals surface area contributed by atoms with Gasteiger partial charge < -0.3 is 4.90 Å². The summed E-state index contributed by atoms with van der Waals surface area (Å²) < 4.78 is 1.58. The molecular formula is C23H19N3O2S. The number of rotatable bonds is 3. The van der Waals surface area contributed by atoms with Crippen molar-refractivity contribution in [3.63, 3.8) is 0 Å². The second kappa shape index (κ2) is 6.97. The van der Waals surface area contributed by atoms with Gasteiger partial charge in [-0.2, -0.15) is 0 Å². The molecule has 4 aromatic rings. The highest BCUT2D eigenvalue weighted by atomic mass is 32.1. The number of thiophene rings is 1. The number of benzene rings is 2. The van der Waals surface area contributed by atoms with E-state index < -0.39 is 0 Å². The minimum Gasteiger partial charge on any atom is -0.333 e. The van der Waals surface area contributed by atoms with E-state index >= 15 is 0 Å². The maximum absolute atomic E-state index is 13.3. The molecule has 1 aliphatic heterocycles. The van der Waals surface area contributed by atoms with Crippen LogP contribution >= 0.6 is 11.3 Å². The smallest absolute Gasteiger partial charge is 0.262 e. The minimum absolute atomic E-state index is 0.0266. The zero-order valence-corrected chi connectivity index (χ0v) is 16.6. The maximum atomic E-state index is 13.3. The fourth-order valence-corrected chi connectivity index (χ4v) is 5.24. The molecule has 3 heterocycles. The third-order valence-electron chi connectivity index (χ3n) is 5.46. The summed E-state index contributed by atoms with van der Waals surface area (Å²) in [6.07, 6.45) is 3.94. The van der Waals surface area contributed by atoms with Crippen molar-refractivity contribution < 1.29 is 4.79 Å². The van der Waals surface area contributed by atoms with Crippen molar-refractivity contribution in [3.05, 3.63) is 87.8 Å². The first kappa shape index (κ1) is 17.8. The predicted octanol–water partition coefficient (Wildman–Crippen LogP) is 4.00. The molecular weight excluding hydrogens is 382 g/mol. The summed E-state index contributed by atoms with van der Waals surface area (Å²) in [5.74, 6) is 0.0296. The number of carbonyl (C=O) groups is 1. The van der Waals surface area contributed by atoms with Gasteiger partial charge in [0.05, 0.1) is 18.3 Å². The van der Waals surface area contributed by atoms with Crippen LogP contribution in [-0.4, -0.2) is 26.9 Å². The molecule has 2 aromatic heterocycles. The third-order valence-corrected chi connectivity index (χ3v) is 6.59. The van der Waals surface area contributed by atoms with Crippen LogP contribution in [0.1, 0.15) is 20.8 Å². The van der Waals surface area contributed by atoms with Crippen LogP contribution < -0.4 is 5.56 Å². The molecule has 0 saturated heterocycles. The molecule has 2 aromatic carbocycles. The molecule has 5 rings (SSSR count). The van der Waals surface area contributed by atoms with Gasteiger partial charge in [0.15, 0.2) is 0 Å². The predicted molar refractivity (Wildman–Crippen MR) is 116 cm³/mol. The maximum Gasteiger partial charge on any atom is 0.262 e. The van der Waals surface area contributed by atoms with Gasteiger partial charge in [0, 0.05) is 23.5 Å². The van der Waals surface area contributed by atoms with E-state index in [0.717, 1.165) is 31.6 Å². The first-order chi connectivity index (χ1) is 14.2. The van der Waals surface area contributed by atoms with Gasteiger partial charge in [-0.15, -0.1) is 17.9 Å². The molecule has 29 heavy (non-hydrogen) atoms. The van der Waals surface area contributed by atoms with Crippen LogP contribution in [0.25, 0.3) is 21.0 Å². The van der Waals surface area contributed by atoms with Gasteiger partial charge in [0.2, 0.25) is 0 Å². The normalized spacial score (nSPS) is 13.6. The van der Waals surface area contributed by atoms with Crippen molar-refractivity contribution in [2.24, 2.45) is 0 Å². The lowest BCUT2D eigenvalue weighted by Crippen LogP contribution is -2.35. The van der Waals surface area contributed by atoms with Crippen molar-refractivity contribution in [1.82, 2.24) is 14.5 Å². The number of allylic oxidation sites excluding steroid dienone is 1. The van der Waals surface area contributed by atoms with Gasteiger partial charge in [-0.1, -0.05) is 42.5 Å². The standard InChI is InChI=1S/C23H19N3O2S/c1-2-11-26-14-24-21-20(23(26)28)18-10-12-25(13-19(18)29-21)22(27)17-9-5-7-15-6-3-4-8-16(15)17/h2-9,14H,1,10-13H2. The summed E-state index contributed by atoms with van der Waals surface area (Å²) in [5, 5.41) is 2.73. The lowest BCUT2D eigenvalue weighted by atomic mass is 10.0. The van der Waals surface area contributed by atoms with Crippen LogP contribution in [0.4, 0.5) is 0 Å². The molecule has 0 radical (unpaired) electrons. The Morgan fingerprint density at radius 1 is 1.21 bits per heavy atom. The monoisotopic (exact) mass is 401 g/mol. The molecule has 5 nitrogen and oxygen atoms in total. The summed E-state index contributed by atoms with van der Waals surface area (Å²) in [7, 11) is 0. The summed E-state index contributed by atoms with van der Waals surface area (Å²) in [4.78, 5) is 34.3. The molecule has 0 saturated carbocycles. The Balaban J connectivity index is 1.52. The van der Waals surface area contributed by atoms with Gasteiger partial charge in [-0.3, -0.25) is 14.2 Å². The van der Waals surface area contributed by atoms with Crippen molar-refractivity contribution in [2.75, 3.05) is 6.54 Å². The van der Waals surface area contributed by atoms with Crippen molar-refractivity contribution in [2.45, 2.75) is 19.5 Å². The zero-order valence-electron chi connectivity index (χ0n) is 15.8. The van der Waals surface area contributed by atoms with Gasteiger partial charge in [0.25, 0.3) is 11.5 Å². The number of carbonyl (C=O) groups excluding carboxylic acids is 1. The molecule has 0 bridgehead atoms. The number of hydrogen-bond donors (Lipinski definition) is 0. The zero-order chi connectivity index (χ0) is 20.0. The highest BCUT2D eigenvalue weighted by molar-refractivity contribution is 7.18. The average Bonchev–Trinajstić information content (AvgIpc) is 3.13. The van der Waals surface area contributed by atoms with Gasteiger partial charge >= 0.3 is 0 Å². The number of aromatic nitrogens is 2. The quantitative estimate of drug-likeness (QED) is 0.488. The first-order valence-corrected chi connectivity index (χ1v) is 10.4. The topological polar surface area (TPSA) is 55.2 Å². The molecule has 0 N–H and O–H groups in total. The number of hydrogen-bond acceptors (Lipinski definition) is 4. The van der Waals surface area contributed by atoms with E-state index in [0.29, 0.717) is 31.4 Å². The fourth-order valence-electron chi connectivity index (χ4n) is 4.04. The fraction of sp³-hybridized carbons (Fsp3) is 0.174. The van der Waals surface area contributed by atoms with E-state index in [1.54, 1.807) is 17.0 Å². The highest BCUT2D eigenvalue weighted by Gasteiger charge is 2.27. The van der Waals surface area contributed by atoms with E-state index in [1.165, 1.54) is 11.3 Å². The Hall–Kier alpha value is -3.25. The second-order valence-electron chi connectivity index (χ2n) is 7.18. The number of amides is 1. The van der Waals surface area contributed by atoms with Crippen LogP contribution in [0.5, 0.6) is 0 Å². The van der Waals surface area contributed by atoms with E-state index in [4.69, 9.17) is 0 Å². The second-order valence-corrected chi connectivity index (χ2v) is 8.26. The molecule has 0 aliphatic carbocycles. The molecule has 144 valence electrons. The van der Waals surface area contributed by atoms with E-state index in [1.807, 2.05) is 47.4 Å². The van der Waals surface area contributed by atoms with Crippen LogP contribution in [0, 0.1) is 0 Å². The Morgan fingerprint density at radius 3 is 2.90 bits per heavy atom. The average molecular weight is 401 g/mol. The number of nitrogens with zero attached hydrogens (tertiary/aromatic N) is 3. The lowest BCUT2D eigenvalue weighted by molar-refractivity contribution is 0.0739. The number of fused-ring (bicyclic) bond motifs is 4. The minimum atomic E-state index is -0.0266. The van der Waals surface area contributed by atoms with Gasteiger partial charge in [0.1, 0.15) is 4.83 Å². The molecule has 1 amide bonds. The lowest BCUT2D eigenvalue weighted by Gasteiger charge is -2.27. The molecule has 0 fully saturated rings. The highest BCUT2D eigenvalue weighted by Crippen LogP contribution is 2.33. The van der Waals surface area contributed by atoms with Gasteiger partial charge in [-0.25, -0.2) is 4.98 Å². The SMILES string of the molecule is C=CCn1cnc2sc3c(c2c1=O)CCN(C(=O)c1cccc2ccccc12)C3. The summed E-state index contributed by atoms with van der Waals surface area (Å²) in [6, 6.07) is 13.8.